The minimum Gasteiger partial charge on any atom is -0.756 e. The topological polar surface area (TPSA) is 100.0 Å². The van der Waals surface area contributed by atoms with Crippen molar-refractivity contribution in [2.75, 3.05) is 40.5 Å². The second-order valence-electron chi connectivity index (χ2n) is 15.8. The van der Waals surface area contributed by atoms with Gasteiger partial charge in [-0.25, -0.2) is 0 Å². The molecule has 0 rings (SSSR count). The molecule has 0 aromatic rings. The molecule has 54 heavy (non-hydrogen) atoms. The molecule has 0 aromatic carbocycles. The number of quaternary nitrogens is 1. The highest BCUT2D eigenvalue weighted by Crippen LogP contribution is 2.38. The van der Waals surface area contributed by atoms with Crippen molar-refractivity contribution in [2.24, 2.45) is 0 Å². The maximum atomic E-state index is 12.4. The number of phosphoric acid groups is 1. The minimum absolute atomic E-state index is 0.109. The lowest BCUT2D eigenvalue weighted by Crippen LogP contribution is -3.05. The molecule has 10 heteroatoms. The number of rotatable bonds is 45. The Morgan fingerprint density at radius 1 is 0.556 bits per heavy atom. The van der Waals surface area contributed by atoms with Crippen LogP contribution in [0.1, 0.15) is 213 Å². The van der Waals surface area contributed by atoms with Gasteiger partial charge in [-0.05, 0) is 25.7 Å². The molecular weight excluding hydrogens is 701 g/mol. The molecule has 0 aliphatic rings. The van der Waals surface area contributed by atoms with Crippen molar-refractivity contribution in [3.63, 3.8) is 0 Å². The zero-order valence-corrected chi connectivity index (χ0v) is 36.8. The molecule has 0 radical (unpaired) electrons. The lowest BCUT2D eigenvalue weighted by Gasteiger charge is -2.25. The third-order valence-electron chi connectivity index (χ3n) is 9.84. The van der Waals surface area contributed by atoms with Crippen molar-refractivity contribution in [1.82, 2.24) is 0 Å². The van der Waals surface area contributed by atoms with Crippen molar-refractivity contribution in [3.05, 3.63) is 24.7 Å². The van der Waals surface area contributed by atoms with E-state index in [1.54, 1.807) is 0 Å². The number of hydrogen-bond donors (Lipinski definition) is 1. The Kier molecular flexibility index (Phi) is 39.6. The number of hydrogen-bond acceptors (Lipinski definition) is 8. The third-order valence-corrected chi connectivity index (χ3v) is 10.8. The fraction of sp³-hybridized carbons (Fsp3) is 0.909. The van der Waals surface area contributed by atoms with E-state index in [1.807, 2.05) is 14.1 Å². The van der Waals surface area contributed by atoms with Gasteiger partial charge in [0.25, 0.3) is 7.82 Å². The van der Waals surface area contributed by atoms with Gasteiger partial charge in [-0.15, -0.1) is 0 Å². The summed E-state index contributed by atoms with van der Waals surface area (Å²) in [4.78, 5) is 35.5. The molecule has 0 aliphatic heterocycles. The Labute approximate surface area is 334 Å². The van der Waals surface area contributed by atoms with Gasteiger partial charge in [0.1, 0.15) is 17.6 Å². The van der Waals surface area contributed by atoms with Crippen LogP contribution in [-0.2, 0) is 33.2 Å². The summed E-state index contributed by atoms with van der Waals surface area (Å²) < 4.78 is 22.7. The standard InChI is InChI=1S/C44H88NO8P/c1-7-9-11-13-15-16-17-18-19-20-21-23-27-31-36-43(4)52-53-44(41-50-54(46,47)49-40-34-38-45(5)6)37-32-28-25-22-24-26-30-35-42(3)51-48-39-33-29-14-12-10-8-2/h44H,3-4,7-41H2,1-2,5-6H3,(H,46,47). The SMILES string of the molecule is C=C(CCCCCCCCCC(COP(=O)([O-])OCCC[NH+](C)C)OOC(=C)CCCCCCCCCCCCCCCC)OOCCCCCCCC. The van der Waals surface area contributed by atoms with E-state index in [4.69, 9.17) is 28.6 Å². The number of nitrogens with one attached hydrogen (secondary N) is 1. The van der Waals surface area contributed by atoms with Crippen molar-refractivity contribution in [1.29, 1.82) is 0 Å². The average molecular weight is 790 g/mol. The van der Waals surface area contributed by atoms with E-state index in [-0.39, 0.29) is 13.2 Å². The van der Waals surface area contributed by atoms with Crippen molar-refractivity contribution >= 4 is 7.82 Å². The van der Waals surface area contributed by atoms with Gasteiger partial charge in [-0.3, -0.25) is 4.57 Å². The van der Waals surface area contributed by atoms with Gasteiger partial charge in [-0.1, -0.05) is 181 Å². The highest BCUT2D eigenvalue weighted by Gasteiger charge is 2.18. The van der Waals surface area contributed by atoms with Crippen LogP contribution in [0.4, 0.5) is 0 Å². The van der Waals surface area contributed by atoms with Crippen molar-refractivity contribution in [2.45, 2.75) is 219 Å². The number of unbranched alkanes of at least 4 members (excludes halogenated alkanes) is 24. The summed E-state index contributed by atoms with van der Waals surface area (Å²) in [5.74, 6) is 1.28. The predicted octanol–water partition coefficient (Wildman–Crippen LogP) is 12.1. The molecule has 0 bridgehead atoms. The molecule has 0 fully saturated rings. The molecule has 9 nitrogen and oxygen atoms in total. The maximum absolute atomic E-state index is 12.4. The quantitative estimate of drug-likeness (QED) is 0.0214. The van der Waals surface area contributed by atoms with Gasteiger partial charge in [0.15, 0.2) is 0 Å². The zero-order valence-electron chi connectivity index (χ0n) is 36.0. The van der Waals surface area contributed by atoms with Gasteiger partial charge in [0.05, 0.1) is 40.5 Å². The first kappa shape index (κ1) is 53.1. The molecule has 2 unspecified atom stereocenters. The molecule has 0 aromatic heterocycles. The lowest BCUT2D eigenvalue weighted by molar-refractivity contribution is -0.858. The molecule has 0 heterocycles. The molecule has 0 spiro atoms. The van der Waals surface area contributed by atoms with E-state index in [9.17, 15) is 9.46 Å². The normalized spacial score (nSPS) is 13.3. The largest absolute Gasteiger partial charge is 0.756 e. The van der Waals surface area contributed by atoms with E-state index >= 15 is 0 Å². The lowest BCUT2D eigenvalue weighted by atomic mass is 10.0. The molecule has 2 atom stereocenters. The molecule has 1 N–H and O–H groups in total. The van der Waals surface area contributed by atoms with Crippen LogP contribution in [0.2, 0.25) is 0 Å². The van der Waals surface area contributed by atoms with Gasteiger partial charge in [-0.2, -0.15) is 9.78 Å². The summed E-state index contributed by atoms with van der Waals surface area (Å²) in [6.45, 7) is 13.9. The van der Waals surface area contributed by atoms with Crippen LogP contribution >= 0.6 is 7.82 Å². The Bertz CT molecular complexity index is 874. The molecule has 0 amide bonds. The molecular formula is C44H88NO8P. The zero-order chi connectivity index (χ0) is 39.8. The van der Waals surface area contributed by atoms with E-state index in [2.05, 4.69) is 27.0 Å². The van der Waals surface area contributed by atoms with E-state index < -0.39 is 13.9 Å². The van der Waals surface area contributed by atoms with Crippen molar-refractivity contribution < 1.29 is 43.0 Å². The number of phosphoric ester groups is 1. The summed E-state index contributed by atoms with van der Waals surface area (Å²) in [7, 11) is -0.384. The van der Waals surface area contributed by atoms with Gasteiger partial charge < -0.3 is 28.6 Å². The highest BCUT2D eigenvalue weighted by atomic mass is 31.2. The van der Waals surface area contributed by atoms with E-state index in [0.717, 1.165) is 83.6 Å². The summed E-state index contributed by atoms with van der Waals surface area (Å²) in [6, 6.07) is 0. The summed E-state index contributed by atoms with van der Waals surface area (Å²) in [5, 5.41) is 0. The molecule has 322 valence electrons. The Morgan fingerprint density at radius 3 is 1.46 bits per heavy atom. The second-order valence-corrected chi connectivity index (χ2v) is 17.2. The first-order valence-corrected chi connectivity index (χ1v) is 24.0. The maximum Gasteiger partial charge on any atom is 0.267 e. The van der Waals surface area contributed by atoms with E-state index in [1.165, 1.54) is 114 Å². The fourth-order valence-electron chi connectivity index (χ4n) is 6.35. The Balaban J connectivity index is 4.21. The molecule has 0 saturated heterocycles. The molecule has 0 saturated carbocycles. The monoisotopic (exact) mass is 790 g/mol. The van der Waals surface area contributed by atoms with Crippen molar-refractivity contribution in [3.8, 4) is 0 Å². The number of allylic oxidation sites excluding steroid dienone is 2. The van der Waals surface area contributed by atoms with Crippen LogP contribution in [-0.4, -0.2) is 46.6 Å². The van der Waals surface area contributed by atoms with Crippen LogP contribution in [0.3, 0.4) is 0 Å². The minimum atomic E-state index is -4.42. The van der Waals surface area contributed by atoms with Crippen LogP contribution in [0.15, 0.2) is 24.7 Å². The van der Waals surface area contributed by atoms with E-state index in [0.29, 0.717) is 31.0 Å². The second kappa shape index (κ2) is 40.3. The average Bonchev–Trinajstić information content (AvgIpc) is 3.14. The molecule has 0 aliphatic carbocycles. The predicted molar refractivity (Wildman–Crippen MR) is 223 cm³/mol. The van der Waals surface area contributed by atoms with Crippen LogP contribution in [0, 0.1) is 0 Å². The first-order chi connectivity index (χ1) is 26.2. The highest BCUT2D eigenvalue weighted by molar-refractivity contribution is 7.45. The summed E-state index contributed by atoms with van der Waals surface area (Å²) >= 11 is 0. The Hall–Kier alpha value is -0.930. The van der Waals surface area contributed by atoms with Gasteiger partial charge >= 0.3 is 0 Å². The first-order valence-electron chi connectivity index (χ1n) is 22.6. The van der Waals surface area contributed by atoms with Gasteiger partial charge in [0.2, 0.25) is 0 Å². The van der Waals surface area contributed by atoms with Crippen LogP contribution in [0.5, 0.6) is 0 Å². The Morgan fingerprint density at radius 2 is 0.981 bits per heavy atom. The van der Waals surface area contributed by atoms with Gasteiger partial charge in [0, 0.05) is 19.3 Å². The fourth-order valence-corrected chi connectivity index (χ4v) is 7.13. The van der Waals surface area contributed by atoms with Crippen LogP contribution < -0.4 is 9.79 Å². The third kappa shape index (κ3) is 40.7. The van der Waals surface area contributed by atoms with Crippen LogP contribution in [0.25, 0.3) is 0 Å². The summed E-state index contributed by atoms with van der Waals surface area (Å²) in [5.41, 5.74) is 0. The summed E-state index contributed by atoms with van der Waals surface area (Å²) in [6.07, 6.45) is 35.6. The smallest absolute Gasteiger partial charge is 0.267 e.